The van der Waals surface area contributed by atoms with E-state index in [4.69, 9.17) is 9.47 Å². The zero-order chi connectivity index (χ0) is 20.4. The Labute approximate surface area is 157 Å². The molecule has 27 heavy (non-hydrogen) atoms. The van der Waals surface area contributed by atoms with E-state index in [0.29, 0.717) is 6.42 Å². The summed E-state index contributed by atoms with van der Waals surface area (Å²) in [5, 5.41) is 21.7. The number of ketones is 1. The zero-order valence-electron chi connectivity index (χ0n) is 15.9. The Morgan fingerprint density at radius 2 is 2.04 bits per heavy atom. The van der Waals surface area contributed by atoms with Crippen LogP contribution in [0.3, 0.4) is 0 Å². The smallest absolute Gasteiger partial charge is 0.326 e. The van der Waals surface area contributed by atoms with E-state index in [9.17, 15) is 24.6 Å². The lowest BCUT2D eigenvalue weighted by Gasteiger charge is -2.32. The van der Waals surface area contributed by atoms with Gasteiger partial charge in [-0.05, 0) is 19.8 Å². The molecule has 1 aromatic rings. The summed E-state index contributed by atoms with van der Waals surface area (Å²) < 4.78 is 11.1. The van der Waals surface area contributed by atoms with Gasteiger partial charge in [-0.2, -0.15) is 0 Å². The van der Waals surface area contributed by atoms with Gasteiger partial charge in [0.25, 0.3) is 5.91 Å². The van der Waals surface area contributed by atoms with Gasteiger partial charge in [-0.1, -0.05) is 20.3 Å². The number of carbonyl (C=O) groups excluding carboxylic acids is 2. The second-order valence-corrected chi connectivity index (χ2v) is 7.33. The van der Waals surface area contributed by atoms with Crippen LogP contribution in [0.25, 0.3) is 0 Å². The minimum Gasteiger partial charge on any atom is -0.507 e. The number of aromatic hydroxyl groups is 1. The molecule has 8 heteroatoms. The molecule has 0 unspecified atom stereocenters. The molecule has 0 aliphatic carbocycles. The van der Waals surface area contributed by atoms with E-state index < -0.39 is 30.1 Å². The summed E-state index contributed by atoms with van der Waals surface area (Å²) >= 11 is 0. The lowest BCUT2D eigenvalue weighted by Crippen LogP contribution is -2.46. The van der Waals surface area contributed by atoms with E-state index in [0.717, 1.165) is 0 Å². The molecule has 0 fully saturated rings. The molecule has 0 bridgehead atoms. The highest BCUT2D eigenvalue weighted by Crippen LogP contribution is 2.40. The number of fused-ring (bicyclic) bond motifs is 1. The Morgan fingerprint density at radius 1 is 1.37 bits per heavy atom. The van der Waals surface area contributed by atoms with Crippen molar-refractivity contribution in [2.24, 2.45) is 5.92 Å². The fourth-order valence-corrected chi connectivity index (χ4v) is 2.88. The second-order valence-electron chi connectivity index (χ2n) is 7.33. The van der Waals surface area contributed by atoms with E-state index in [1.54, 1.807) is 20.8 Å². The predicted octanol–water partition coefficient (Wildman–Crippen LogP) is 2.13. The first-order valence-electron chi connectivity index (χ1n) is 8.78. The number of carbonyl (C=O) groups is 3. The van der Waals surface area contributed by atoms with Crippen molar-refractivity contribution in [3.8, 4) is 17.2 Å². The second kappa shape index (κ2) is 7.85. The molecule has 8 nitrogen and oxygen atoms in total. The van der Waals surface area contributed by atoms with Crippen LogP contribution < -0.4 is 14.8 Å². The lowest BCUT2D eigenvalue weighted by molar-refractivity contribution is -0.143. The van der Waals surface area contributed by atoms with Crippen molar-refractivity contribution in [3.63, 3.8) is 0 Å². The molecule has 0 spiro atoms. The monoisotopic (exact) mass is 379 g/mol. The van der Waals surface area contributed by atoms with Crippen LogP contribution in [-0.2, 0) is 9.59 Å². The van der Waals surface area contributed by atoms with Crippen molar-refractivity contribution >= 4 is 17.7 Å². The molecule has 2 atom stereocenters. The van der Waals surface area contributed by atoms with Crippen LogP contribution >= 0.6 is 0 Å². The SMILES string of the molecule is CC[C@@H](C)[C@H](NC(=O)COc1cc(O)c2c(c1)OC(C)(C)CC2=O)C(=O)O. The van der Waals surface area contributed by atoms with Crippen molar-refractivity contribution in [1.29, 1.82) is 0 Å². The Kier molecular flexibility index (Phi) is 5.98. The minimum absolute atomic E-state index is 0.0915. The minimum atomic E-state index is -1.11. The average Bonchev–Trinajstić information content (AvgIpc) is 2.54. The number of amides is 1. The van der Waals surface area contributed by atoms with Gasteiger partial charge in [0.1, 0.15) is 34.5 Å². The Hall–Kier alpha value is -2.77. The molecular formula is C19H25NO7. The predicted molar refractivity (Wildman–Crippen MR) is 96.3 cm³/mol. The first kappa shape index (κ1) is 20.5. The van der Waals surface area contributed by atoms with E-state index in [1.807, 2.05) is 6.92 Å². The number of hydrogen-bond donors (Lipinski definition) is 3. The van der Waals surface area contributed by atoms with Crippen LogP contribution in [0.2, 0.25) is 0 Å². The third kappa shape index (κ3) is 4.90. The molecule has 2 rings (SSSR count). The maximum Gasteiger partial charge on any atom is 0.326 e. The number of Topliss-reactive ketones (excluding diaryl/α,β-unsaturated/α-hetero) is 1. The fraction of sp³-hybridized carbons (Fsp3) is 0.526. The molecular weight excluding hydrogens is 354 g/mol. The van der Waals surface area contributed by atoms with E-state index in [2.05, 4.69) is 5.32 Å². The number of aliphatic carboxylic acids is 1. The summed E-state index contributed by atoms with van der Waals surface area (Å²) in [7, 11) is 0. The zero-order valence-corrected chi connectivity index (χ0v) is 15.9. The van der Waals surface area contributed by atoms with Gasteiger partial charge in [0.05, 0.1) is 6.42 Å². The van der Waals surface area contributed by atoms with E-state index in [1.165, 1.54) is 12.1 Å². The molecule has 0 radical (unpaired) electrons. The van der Waals surface area contributed by atoms with Gasteiger partial charge in [-0.3, -0.25) is 9.59 Å². The fourth-order valence-electron chi connectivity index (χ4n) is 2.88. The molecule has 148 valence electrons. The van der Waals surface area contributed by atoms with Crippen LogP contribution in [-0.4, -0.2) is 46.1 Å². The number of benzene rings is 1. The highest BCUT2D eigenvalue weighted by Gasteiger charge is 2.35. The van der Waals surface area contributed by atoms with Crippen molar-refractivity contribution in [3.05, 3.63) is 17.7 Å². The summed E-state index contributed by atoms with van der Waals surface area (Å²) in [6.07, 6.45) is 0.736. The van der Waals surface area contributed by atoms with Crippen molar-refractivity contribution in [2.45, 2.75) is 52.2 Å². The van der Waals surface area contributed by atoms with Gasteiger partial charge in [-0.15, -0.1) is 0 Å². The van der Waals surface area contributed by atoms with Gasteiger partial charge in [-0.25, -0.2) is 4.79 Å². The first-order chi connectivity index (χ1) is 12.5. The van der Waals surface area contributed by atoms with Crippen molar-refractivity contribution in [1.82, 2.24) is 5.32 Å². The van der Waals surface area contributed by atoms with Crippen LogP contribution in [0.1, 0.15) is 50.9 Å². The maximum atomic E-state index is 12.2. The number of carboxylic acids is 1. The Balaban J connectivity index is 2.08. The standard InChI is InChI=1S/C19H25NO7/c1-5-10(2)17(18(24)25)20-15(23)9-26-11-6-12(21)16-13(22)8-19(3,4)27-14(16)7-11/h6-7,10,17,21H,5,8-9H2,1-4H3,(H,20,23)(H,24,25)/t10-,17+/m1/s1. The number of rotatable bonds is 7. The largest absolute Gasteiger partial charge is 0.507 e. The van der Waals surface area contributed by atoms with E-state index in [-0.39, 0.29) is 40.9 Å². The third-order valence-corrected chi connectivity index (χ3v) is 4.47. The molecule has 1 aliphatic heterocycles. The van der Waals surface area contributed by atoms with Crippen molar-refractivity contribution < 1.29 is 34.1 Å². The number of phenolic OH excluding ortho intramolecular Hbond substituents is 1. The average molecular weight is 379 g/mol. The van der Waals surface area contributed by atoms with Crippen LogP contribution in [0.4, 0.5) is 0 Å². The molecule has 1 amide bonds. The molecule has 0 aromatic heterocycles. The Morgan fingerprint density at radius 3 is 2.63 bits per heavy atom. The van der Waals surface area contributed by atoms with Crippen LogP contribution in [0, 0.1) is 5.92 Å². The quantitative estimate of drug-likeness (QED) is 0.663. The highest BCUT2D eigenvalue weighted by atomic mass is 16.5. The number of carboxylic acid groups (broad SMARTS) is 1. The Bertz CT molecular complexity index is 757. The van der Waals surface area contributed by atoms with Gasteiger partial charge in [0.15, 0.2) is 12.4 Å². The summed E-state index contributed by atoms with van der Waals surface area (Å²) in [6, 6.07) is 1.66. The summed E-state index contributed by atoms with van der Waals surface area (Å²) in [6.45, 7) is 6.65. The molecule has 1 heterocycles. The summed E-state index contributed by atoms with van der Waals surface area (Å²) in [5.41, 5.74) is -0.619. The topological polar surface area (TPSA) is 122 Å². The maximum absolute atomic E-state index is 12.2. The molecule has 1 aliphatic rings. The number of phenols is 1. The molecule has 0 saturated heterocycles. The van der Waals surface area contributed by atoms with Crippen LogP contribution in [0.15, 0.2) is 12.1 Å². The first-order valence-corrected chi connectivity index (χ1v) is 8.78. The van der Waals surface area contributed by atoms with Gasteiger partial charge < -0.3 is 25.0 Å². The lowest BCUT2D eigenvalue weighted by atomic mass is 9.92. The van der Waals surface area contributed by atoms with Crippen molar-refractivity contribution in [2.75, 3.05) is 6.61 Å². The molecule has 0 saturated carbocycles. The number of nitrogens with one attached hydrogen (secondary N) is 1. The number of hydrogen-bond acceptors (Lipinski definition) is 6. The number of ether oxygens (including phenoxy) is 2. The highest BCUT2D eigenvalue weighted by molar-refractivity contribution is 6.03. The van der Waals surface area contributed by atoms with E-state index >= 15 is 0 Å². The molecule has 1 aromatic carbocycles. The van der Waals surface area contributed by atoms with Crippen LogP contribution in [0.5, 0.6) is 17.2 Å². The van der Waals surface area contributed by atoms with Gasteiger partial charge >= 0.3 is 5.97 Å². The molecule has 3 N–H and O–H groups in total. The summed E-state index contributed by atoms with van der Waals surface area (Å²) in [4.78, 5) is 35.5. The third-order valence-electron chi connectivity index (χ3n) is 4.47. The van der Waals surface area contributed by atoms with Gasteiger partial charge in [0, 0.05) is 12.1 Å². The van der Waals surface area contributed by atoms with Gasteiger partial charge in [0.2, 0.25) is 0 Å². The summed E-state index contributed by atoms with van der Waals surface area (Å²) in [5.74, 6) is -2.14. The normalized spacial score (nSPS) is 17.3.